The van der Waals surface area contributed by atoms with Gasteiger partial charge in [0.05, 0.1) is 19.1 Å². The summed E-state index contributed by atoms with van der Waals surface area (Å²) in [6.45, 7) is 2.25. The van der Waals surface area contributed by atoms with Crippen LogP contribution in [0.25, 0.3) is 16.8 Å². The van der Waals surface area contributed by atoms with Gasteiger partial charge in [-0.3, -0.25) is 9.36 Å². The van der Waals surface area contributed by atoms with Gasteiger partial charge in [0.1, 0.15) is 5.69 Å². The monoisotopic (exact) mass is 371 g/mol. The predicted octanol–water partition coefficient (Wildman–Crippen LogP) is 3.58. The molecule has 1 N–H and O–H groups in total. The van der Waals surface area contributed by atoms with E-state index in [1.54, 1.807) is 42.3 Å². The van der Waals surface area contributed by atoms with Crippen LogP contribution in [0.1, 0.15) is 17.4 Å². The largest absolute Gasteiger partial charge is 0.383 e. The smallest absolute Gasteiger partial charge is 0.270 e. The van der Waals surface area contributed by atoms with Gasteiger partial charge in [0, 0.05) is 18.8 Å². The average molecular weight is 371 g/mol. The number of carbonyl (C=O) groups excluding carboxylic acids is 1. The van der Waals surface area contributed by atoms with Crippen LogP contribution in [0, 0.1) is 11.6 Å². The highest BCUT2D eigenvalue weighted by Crippen LogP contribution is 2.23. The van der Waals surface area contributed by atoms with Crippen molar-refractivity contribution < 1.29 is 18.3 Å². The van der Waals surface area contributed by atoms with Crippen LogP contribution in [0.2, 0.25) is 0 Å². The first-order chi connectivity index (χ1) is 13.0. The average Bonchev–Trinajstić information content (AvgIpc) is 3.14. The second-order valence-corrected chi connectivity index (χ2v) is 6.15. The second-order valence-electron chi connectivity index (χ2n) is 6.15. The van der Waals surface area contributed by atoms with Crippen LogP contribution < -0.4 is 5.32 Å². The molecule has 0 saturated heterocycles. The highest BCUT2D eigenvalue weighted by molar-refractivity contribution is 5.93. The zero-order chi connectivity index (χ0) is 19.4. The summed E-state index contributed by atoms with van der Waals surface area (Å²) in [5.74, 6) is -2.04. The van der Waals surface area contributed by atoms with Gasteiger partial charge in [0.2, 0.25) is 0 Å². The van der Waals surface area contributed by atoms with Crippen LogP contribution in [0.3, 0.4) is 0 Å². The molecule has 1 heterocycles. The van der Waals surface area contributed by atoms with Crippen LogP contribution in [0.4, 0.5) is 8.78 Å². The number of hydrogen-bond donors (Lipinski definition) is 1. The third kappa shape index (κ3) is 4.20. The van der Waals surface area contributed by atoms with Crippen LogP contribution in [0.15, 0.2) is 55.0 Å². The Kier molecular flexibility index (Phi) is 5.61. The van der Waals surface area contributed by atoms with E-state index >= 15 is 0 Å². The number of benzene rings is 2. The van der Waals surface area contributed by atoms with Gasteiger partial charge < -0.3 is 10.1 Å². The zero-order valence-electron chi connectivity index (χ0n) is 14.9. The van der Waals surface area contributed by atoms with Crippen molar-refractivity contribution in [1.82, 2.24) is 14.9 Å². The Morgan fingerprint density at radius 1 is 1.15 bits per heavy atom. The van der Waals surface area contributed by atoms with E-state index in [9.17, 15) is 13.6 Å². The molecule has 1 amide bonds. The van der Waals surface area contributed by atoms with Crippen molar-refractivity contribution >= 4 is 5.91 Å². The SMILES string of the molecule is COCC(C)NC(=O)c1cncn1-c1ccc(-c2ccc(F)c(F)c2)cc1. The third-order valence-electron chi connectivity index (χ3n) is 4.06. The molecule has 2 aromatic carbocycles. The van der Waals surface area contributed by atoms with E-state index in [2.05, 4.69) is 10.3 Å². The van der Waals surface area contributed by atoms with Gasteiger partial charge >= 0.3 is 0 Å². The van der Waals surface area contributed by atoms with Crippen molar-refractivity contribution in [3.05, 3.63) is 72.3 Å². The molecule has 0 spiro atoms. The van der Waals surface area contributed by atoms with Crippen LogP contribution >= 0.6 is 0 Å². The molecule has 1 atom stereocenters. The van der Waals surface area contributed by atoms with E-state index in [0.717, 1.165) is 23.4 Å². The highest BCUT2D eigenvalue weighted by atomic mass is 19.2. The lowest BCUT2D eigenvalue weighted by Crippen LogP contribution is -2.36. The number of methoxy groups -OCH3 is 1. The summed E-state index contributed by atoms with van der Waals surface area (Å²) < 4.78 is 33.2. The van der Waals surface area contributed by atoms with Gasteiger partial charge in [-0.15, -0.1) is 0 Å². The predicted molar refractivity (Wildman–Crippen MR) is 97.7 cm³/mol. The van der Waals surface area contributed by atoms with Gasteiger partial charge in [-0.25, -0.2) is 13.8 Å². The fourth-order valence-corrected chi connectivity index (χ4v) is 2.75. The molecule has 0 bridgehead atoms. The van der Waals surface area contributed by atoms with Gasteiger partial charge in [0.15, 0.2) is 11.6 Å². The molecule has 27 heavy (non-hydrogen) atoms. The first-order valence-corrected chi connectivity index (χ1v) is 8.37. The molecule has 3 aromatic rings. The van der Waals surface area contributed by atoms with E-state index in [0.29, 0.717) is 17.9 Å². The van der Waals surface area contributed by atoms with Crippen molar-refractivity contribution in [3.63, 3.8) is 0 Å². The Bertz CT molecular complexity index is 939. The number of nitrogens with one attached hydrogen (secondary N) is 1. The van der Waals surface area contributed by atoms with Gasteiger partial charge in [-0.05, 0) is 42.3 Å². The molecular weight excluding hydrogens is 352 g/mol. The molecule has 0 aliphatic carbocycles. The van der Waals surface area contributed by atoms with Crippen molar-refractivity contribution in [1.29, 1.82) is 0 Å². The number of amides is 1. The lowest BCUT2D eigenvalue weighted by Gasteiger charge is -2.14. The Hall–Kier alpha value is -3.06. The summed E-state index contributed by atoms with van der Waals surface area (Å²) in [7, 11) is 1.57. The molecule has 7 heteroatoms. The molecule has 1 unspecified atom stereocenters. The second kappa shape index (κ2) is 8.09. The van der Waals surface area contributed by atoms with E-state index < -0.39 is 11.6 Å². The maximum atomic E-state index is 13.4. The summed E-state index contributed by atoms with van der Waals surface area (Å²) in [4.78, 5) is 16.5. The van der Waals surface area contributed by atoms with Crippen LogP contribution in [-0.4, -0.2) is 35.2 Å². The van der Waals surface area contributed by atoms with Crippen molar-refractivity contribution in [3.8, 4) is 16.8 Å². The minimum atomic E-state index is -0.893. The maximum absolute atomic E-state index is 13.4. The number of hydrogen-bond acceptors (Lipinski definition) is 3. The van der Waals surface area contributed by atoms with Crippen molar-refractivity contribution in [2.75, 3.05) is 13.7 Å². The zero-order valence-corrected chi connectivity index (χ0v) is 14.9. The molecule has 0 aliphatic heterocycles. The van der Waals surface area contributed by atoms with E-state index in [4.69, 9.17) is 4.74 Å². The quantitative estimate of drug-likeness (QED) is 0.721. The number of rotatable bonds is 6. The fraction of sp³-hybridized carbons (Fsp3) is 0.200. The number of halogens is 2. The Labute approximate surface area is 155 Å². The number of carbonyl (C=O) groups is 1. The molecule has 0 fully saturated rings. The third-order valence-corrected chi connectivity index (χ3v) is 4.06. The standard InChI is InChI=1S/C20H19F2N3O2/c1-13(11-27-2)24-20(26)19-10-23-12-25(19)16-6-3-14(4-7-16)15-5-8-17(21)18(22)9-15/h3-10,12-13H,11H2,1-2H3,(H,24,26). The molecule has 0 aliphatic rings. The van der Waals surface area contributed by atoms with E-state index in [-0.39, 0.29) is 11.9 Å². The summed E-state index contributed by atoms with van der Waals surface area (Å²) in [5.41, 5.74) is 2.41. The molecule has 5 nitrogen and oxygen atoms in total. The van der Waals surface area contributed by atoms with Crippen molar-refractivity contribution in [2.45, 2.75) is 13.0 Å². The minimum absolute atomic E-state index is 0.137. The topological polar surface area (TPSA) is 56.1 Å². The Morgan fingerprint density at radius 2 is 1.85 bits per heavy atom. The van der Waals surface area contributed by atoms with Gasteiger partial charge in [-0.1, -0.05) is 18.2 Å². The number of imidazole rings is 1. The Balaban J connectivity index is 1.83. The van der Waals surface area contributed by atoms with E-state index in [1.165, 1.54) is 12.3 Å². The molecule has 140 valence electrons. The summed E-state index contributed by atoms with van der Waals surface area (Å²) in [5, 5.41) is 2.84. The first kappa shape index (κ1) is 18.7. The van der Waals surface area contributed by atoms with Gasteiger partial charge in [0.25, 0.3) is 5.91 Å². The molecule has 0 radical (unpaired) electrons. The Morgan fingerprint density at radius 3 is 2.52 bits per heavy atom. The number of nitrogens with zero attached hydrogens (tertiary/aromatic N) is 2. The fourth-order valence-electron chi connectivity index (χ4n) is 2.75. The molecule has 1 aromatic heterocycles. The lowest BCUT2D eigenvalue weighted by molar-refractivity contribution is 0.0898. The summed E-state index contributed by atoms with van der Waals surface area (Å²) >= 11 is 0. The van der Waals surface area contributed by atoms with Crippen LogP contribution in [-0.2, 0) is 4.74 Å². The van der Waals surface area contributed by atoms with Crippen LogP contribution in [0.5, 0.6) is 0 Å². The first-order valence-electron chi connectivity index (χ1n) is 8.37. The molecule has 0 saturated carbocycles. The minimum Gasteiger partial charge on any atom is -0.383 e. The summed E-state index contributed by atoms with van der Waals surface area (Å²) in [6.07, 6.45) is 3.03. The lowest BCUT2D eigenvalue weighted by atomic mass is 10.1. The summed E-state index contributed by atoms with van der Waals surface area (Å²) in [6, 6.07) is 10.7. The normalized spacial score (nSPS) is 12.0. The number of ether oxygens (including phenoxy) is 1. The highest BCUT2D eigenvalue weighted by Gasteiger charge is 2.15. The maximum Gasteiger partial charge on any atom is 0.270 e. The molecule has 3 rings (SSSR count). The van der Waals surface area contributed by atoms with E-state index in [1.807, 2.05) is 6.92 Å². The molecular formula is C20H19F2N3O2. The van der Waals surface area contributed by atoms with Crippen molar-refractivity contribution in [2.24, 2.45) is 0 Å². The van der Waals surface area contributed by atoms with Gasteiger partial charge in [-0.2, -0.15) is 0 Å². The number of aromatic nitrogens is 2.